The standard InChI is InChI=1S/C19H14FN3O3/c20-15-6-5-12(10-21)9-13(15)11-23-17(24)19(22-18(23)25)7-8-26-16-4-2-1-3-14(16)19/h1-6,9H,7-8,11H2,(H,22,25)/t19-/m1/s1. The maximum absolute atomic E-state index is 14.1. The molecule has 2 aromatic carbocycles. The molecule has 0 saturated carbocycles. The zero-order valence-corrected chi connectivity index (χ0v) is 13.7. The number of nitrogens with zero attached hydrogens (tertiary/aromatic N) is 2. The van der Waals surface area contributed by atoms with Gasteiger partial charge in [0.1, 0.15) is 11.6 Å². The van der Waals surface area contributed by atoms with Gasteiger partial charge in [0.15, 0.2) is 5.54 Å². The quantitative estimate of drug-likeness (QED) is 0.843. The predicted molar refractivity (Wildman–Crippen MR) is 88.4 cm³/mol. The molecule has 1 saturated heterocycles. The van der Waals surface area contributed by atoms with E-state index >= 15 is 0 Å². The second-order valence-corrected chi connectivity index (χ2v) is 6.24. The Bertz CT molecular complexity index is 969. The average molecular weight is 351 g/mol. The Labute approximate surface area is 148 Å². The highest BCUT2D eigenvalue weighted by Crippen LogP contribution is 2.41. The minimum absolute atomic E-state index is 0.116. The van der Waals surface area contributed by atoms with Crippen molar-refractivity contribution in [2.45, 2.75) is 18.5 Å². The van der Waals surface area contributed by atoms with Crippen molar-refractivity contribution in [3.63, 3.8) is 0 Å². The third-order valence-electron chi connectivity index (χ3n) is 4.76. The lowest BCUT2D eigenvalue weighted by Crippen LogP contribution is -2.47. The Morgan fingerprint density at radius 1 is 1.27 bits per heavy atom. The molecule has 0 radical (unpaired) electrons. The summed E-state index contributed by atoms with van der Waals surface area (Å²) in [6.07, 6.45) is 0.297. The first-order chi connectivity index (χ1) is 12.5. The number of benzene rings is 2. The van der Waals surface area contributed by atoms with Gasteiger partial charge in [-0.05, 0) is 24.3 Å². The SMILES string of the molecule is N#Cc1ccc(F)c(CN2C(=O)N[C@@]3(CCOc4ccccc43)C2=O)c1. The van der Waals surface area contributed by atoms with Crippen LogP contribution in [-0.4, -0.2) is 23.4 Å². The highest BCUT2D eigenvalue weighted by atomic mass is 19.1. The number of hydrogen-bond acceptors (Lipinski definition) is 4. The minimum atomic E-state index is -1.20. The summed E-state index contributed by atoms with van der Waals surface area (Å²) in [5, 5.41) is 11.7. The summed E-state index contributed by atoms with van der Waals surface area (Å²) in [5.74, 6) is -0.468. The number of nitrogens with one attached hydrogen (secondary N) is 1. The number of carbonyl (C=O) groups excluding carboxylic acids is 2. The summed E-state index contributed by atoms with van der Waals surface area (Å²) in [4.78, 5) is 26.6. The van der Waals surface area contributed by atoms with E-state index in [1.165, 1.54) is 12.1 Å². The van der Waals surface area contributed by atoms with Crippen molar-refractivity contribution in [2.75, 3.05) is 6.61 Å². The number of imide groups is 1. The number of para-hydroxylation sites is 1. The summed E-state index contributed by atoms with van der Waals surface area (Å²) in [6, 6.07) is 12.2. The molecule has 130 valence electrons. The van der Waals surface area contributed by atoms with Gasteiger partial charge in [-0.25, -0.2) is 9.18 Å². The highest BCUT2D eigenvalue weighted by Gasteiger charge is 2.54. The van der Waals surface area contributed by atoms with Crippen molar-refractivity contribution >= 4 is 11.9 Å². The molecule has 26 heavy (non-hydrogen) atoms. The molecule has 0 bridgehead atoms. The van der Waals surface area contributed by atoms with E-state index in [4.69, 9.17) is 10.00 Å². The summed E-state index contributed by atoms with van der Waals surface area (Å²) in [5.41, 5.74) is -0.224. The number of fused-ring (bicyclic) bond motifs is 2. The molecule has 1 atom stereocenters. The fourth-order valence-corrected chi connectivity index (χ4v) is 3.45. The lowest BCUT2D eigenvalue weighted by molar-refractivity contribution is -0.133. The molecule has 0 unspecified atom stereocenters. The number of urea groups is 1. The normalized spacial score (nSPS) is 21.2. The van der Waals surface area contributed by atoms with Crippen molar-refractivity contribution in [3.05, 3.63) is 65.0 Å². The van der Waals surface area contributed by atoms with Crippen molar-refractivity contribution in [1.29, 1.82) is 5.26 Å². The lowest BCUT2D eigenvalue weighted by Gasteiger charge is -2.33. The summed E-state index contributed by atoms with van der Waals surface area (Å²) in [6.45, 7) is 0.0476. The van der Waals surface area contributed by atoms with Gasteiger partial charge in [0.25, 0.3) is 5.91 Å². The van der Waals surface area contributed by atoms with Gasteiger partial charge in [-0.15, -0.1) is 0 Å². The van der Waals surface area contributed by atoms with E-state index in [2.05, 4.69) is 5.32 Å². The molecule has 1 N–H and O–H groups in total. The van der Waals surface area contributed by atoms with Crippen LogP contribution in [0.2, 0.25) is 0 Å². The van der Waals surface area contributed by atoms with Crippen molar-refractivity contribution < 1.29 is 18.7 Å². The van der Waals surface area contributed by atoms with E-state index in [0.29, 0.717) is 17.7 Å². The molecule has 3 amide bonds. The summed E-state index contributed by atoms with van der Waals surface area (Å²) >= 11 is 0. The number of halogens is 1. The molecule has 2 heterocycles. The van der Waals surface area contributed by atoms with Crippen LogP contribution in [0.5, 0.6) is 5.75 Å². The summed E-state index contributed by atoms with van der Waals surface area (Å²) < 4.78 is 19.7. The molecule has 2 aliphatic heterocycles. The van der Waals surface area contributed by atoms with E-state index in [1.54, 1.807) is 24.3 Å². The van der Waals surface area contributed by atoms with Crippen LogP contribution in [0.15, 0.2) is 42.5 Å². The number of amides is 3. The number of carbonyl (C=O) groups is 2. The Hall–Kier alpha value is -3.40. The first-order valence-corrected chi connectivity index (χ1v) is 8.10. The van der Waals surface area contributed by atoms with Crippen LogP contribution in [0, 0.1) is 17.1 Å². The fraction of sp³-hybridized carbons (Fsp3) is 0.211. The first-order valence-electron chi connectivity index (χ1n) is 8.10. The second-order valence-electron chi connectivity index (χ2n) is 6.24. The zero-order chi connectivity index (χ0) is 18.3. The van der Waals surface area contributed by atoms with Gasteiger partial charge in [-0.3, -0.25) is 9.69 Å². The predicted octanol–water partition coefficient (Wildman–Crippen LogP) is 2.43. The molecular weight excluding hydrogens is 337 g/mol. The molecule has 4 rings (SSSR count). The third-order valence-corrected chi connectivity index (χ3v) is 4.76. The molecule has 2 aromatic rings. The smallest absolute Gasteiger partial charge is 0.325 e. The van der Waals surface area contributed by atoms with Crippen molar-refractivity contribution in [1.82, 2.24) is 10.2 Å². The van der Waals surface area contributed by atoms with Crippen LogP contribution >= 0.6 is 0 Å². The van der Waals surface area contributed by atoms with Gasteiger partial charge >= 0.3 is 6.03 Å². The van der Waals surface area contributed by atoms with Crippen molar-refractivity contribution in [3.8, 4) is 11.8 Å². The van der Waals surface area contributed by atoms with E-state index in [-0.39, 0.29) is 24.3 Å². The number of nitriles is 1. The van der Waals surface area contributed by atoms with Crippen LogP contribution in [-0.2, 0) is 16.9 Å². The number of ether oxygens (including phenoxy) is 1. The third kappa shape index (κ3) is 2.30. The Morgan fingerprint density at radius 2 is 2.08 bits per heavy atom. The van der Waals surface area contributed by atoms with Crippen LogP contribution in [0.1, 0.15) is 23.1 Å². The monoisotopic (exact) mass is 351 g/mol. The minimum Gasteiger partial charge on any atom is -0.493 e. The highest BCUT2D eigenvalue weighted by molar-refractivity contribution is 6.07. The van der Waals surface area contributed by atoms with Crippen molar-refractivity contribution in [2.24, 2.45) is 0 Å². The molecule has 6 nitrogen and oxygen atoms in total. The molecule has 0 aromatic heterocycles. The molecule has 1 fully saturated rings. The molecule has 0 aliphatic carbocycles. The molecule has 7 heteroatoms. The Morgan fingerprint density at radius 3 is 2.88 bits per heavy atom. The van der Waals surface area contributed by atoms with E-state index in [1.807, 2.05) is 6.07 Å². The molecule has 2 aliphatic rings. The van der Waals surface area contributed by atoms with Gasteiger partial charge < -0.3 is 10.1 Å². The van der Waals surface area contributed by atoms with Gasteiger partial charge in [-0.2, -0.15) is 5.26 Å². The molecule has 1 spiro atoms. The topological polar surface area (TPSA) is 82.4 Å². The van der Waals surface area contributed by atoms with Crippen LogP contribution in [0.3, 0.4) is 0 Å². The Kier molecular flexibility index (Phi) is 3.62. The van der Waals surface area contributed by atoms with Gasteiger partial charge in [0.05, 0.1) is 24.8 Å². The van der Waals surface area contributed by atoms with Gasteiger partial charge in [0.2, 0.25) is 0 Å². The van der Waals surface area contributed by atoms with E-state index in [0.717, 1.165) is 11.0 Å². The van der Waals surface area contributed by atoms with Crippen LogP contribution in [0.25, 0.3) is 0 Å². The fourth-order valence-electron chi connectivity index (χ4n) is 3.45. The molecular formula is C19H14FN3O3. The maximum Gasteiger partial charge on any atom is 0.325 e. The maximum atomic E-state index is 14.1. The second kappa shape index (κ2) is 5.85. The largest absolute Gasteiger partial charge is 0.493 e. The van der Waals surface area contributed by atoms with Crippen LogP contribution in [0.4, 0.5) is 9.18 Å². The number of rotatable bonds is 2. The average Bonchev–Trinajstić information content (AvgIpc) is 2.88. The Balaban J connectivity index is 1.71. The van der Waals surface area contributed by atoms with Crippen LogP contribution < -0.4 is 10.1 Å². The van der Waals surface area contributed by atoms with Gasteiger partial charge in [-0.1, -0.05) is 18.2 Å². The van der Waals surface area contributed by atoms with E-state index in [9.17, 15) is 14.0 Å². The zero-order valence-electron chi connectivity index (χ0n) is 13.7. The summed E-state index contributed by atoms with van der Waals surface area (Å²) in [7, 11) is 0. The van der Waals surface area contributed by atoms with E-state index < -0.39 is 23.3 Å². The number of hydrogen-bond donors (Lipinski definition) is 1. The lowest BCUT2D eigenvalue weighted by atomic mass is 9.84. The van der Waals surface area contributed by atoms with Gasteiger partial charge in [0, 0.05) is 17.5 Å². The first kappa shape index (κ1) is 16.1.